The van der Waals surface area contributed by atoms with Crippen molar-refractivity contribution in [1.29, 1.82) is 0 Å². The van der Waals surface area contributed by atoms with Gasteiger partial charge < -0.3 is 20.8 Å². The van der Waals surface area contributed by atoms with Crippen LogP contribution in [0.3, 0.4) is 0 Å². The second-order valence-electron chi connectivity index (χ2n) is 9.37. The van der Waals surface area contributed by atoms with Gasteiger partial charge in [0.25, 0.3) is 0 Å². The maximum atomic E-state index is 13.9. The van der Waals surface area contributed by atoms with E-state index in [4.69, 9.17) is 15.9 Å². The lowest BCUT2D eigenvalue weighted by molar-refractivity contribution is -0.134. The minimum atomic E-state index is -3.64. The topological polar surface area (TPSA) is 158 Å². The first-order valence-corrected chi connectivity index (χ1v) is 13.6. The monoisotopic (exact) mass is 583 g/mol. The lowest BCUT2D eigenvalue weighted by atomic mass is 10.0. The zero-order chi connectivity index (χ0) is 29.6. The van der Waals surface area contributed by atoms with Crippen LogP contribution in [0.2, 0.25) is 0 Å². The van der Waals surface area contributed by atoms with E-state index in [0.717, 1.165) is 6.07 Å². The van der Waals surface area contributed by atoms with Crippen LogP contribution in [0.15, 0.2) is 59.5 Å². The molecular formula is C26H28F3N3O7S. The summed E-state index contributed by atoms with van der Waals surface area (Å²) in [5.41, 5.74) is 5.91. The predicted octanol–water partition coefficient (Wildman–Crippen LogP) is 2.00. The van der Waals surface area contributed by atoms with E-state index in [-0.39, 0.29) is 47.7 Å². The van der Waals surface area contributed by atoms with Gasteiger partial charge in [-0.25, -0.2) is 31.2 Å². The van der Waals surface area contributed by atoms with Crippen LogP contribution in [0.4, 0.5) is 13.2 Å². The maximum absolute atomic E-state index is 13.9. The summed E-state index contributed by atoms with van der Waals surface area (Å²) >= 11 is 0. The van der Waals surface area contributed by atoms with Crippen molar-refractivity contribution in [3.8, 4) is 0 Å². The number of hydrogen-bond donors (Lipinski definition) is 3. The zero-order valence-electron chi connectivity index (χ0n) is 21.1. The molecule has 2 saturated heterocycles. The zero-order valence-corrected chi connectivity index (χ0v) is 21.9. The molecular weight excluding hydrogens is 555 g/mol. The van der Waals surface area contributed by atoms with Gasteiger partial charge in [-0.3, -0.25) is 4.79 Å². The molecule has 1 amide bonds. The molecule has 0 aliphatic carbocycles. The summed E-state index contributed by atoms with van der Waals surface area (Å²) in [4.78, 5) is 33.8. The van der Waals surface area contributed by atoms with Gasteiger partial charge in [0, 0.05) is 56.4 Å². The largest absolute Gasteiger partial charge is 0.478 e. The number of carbonyl (C=O) groups excluding carboxylic acids is 1. The molecule has 3 atom stereocenters. The third-order valence-electron chi connectivity index (χ3n) is 6.59. The van der Waals surface area contributed by atoms with E-state index in [1.54, 1.807) is 35.2 Å². The number of aliphatic carboxylic acids is 2. The van der Waals surface area contributed by atoms with Gasteiger partial charge in [-0.15, -0.1) is 0 Å². The summed E-state index contributed by atoms with van der Waals surface area (Å²) in [6.07, 6.45) is 1.58. The van der Waals surface area contributed by atoms with E-state index < -0.39 is 45.5 Å². The van der Waals surface area contributed by atoms with Crippen LogP contribution < -0.4 is 5.73 Å². The Bertz CT molecular complexity index is 1370. The van der Waals surface area contributed by atoms with E-state index >= 15 is 0 Å². The molecule has 2 aliphatic heterocycles. The SMILES string of the molecule is N[C@@H](CC(=O)N1CC[C@H]2CN(S(=O)(=O)c3ccccc3)C[C@H]21)Cc1cc(F)c(F)cc1F.O=C(O)C=CC(=O)O. The standard InChI is InChI=1S/C22H24F3N3O3S.C4H4O4/c23-18-11-20(25)19(24)9-15(18)8-16(26)10-22(29)28-7-6-14-12-27(13-21(14)28)32(30,31)17-4-2-1-3-5-17;5-3(6)1-2-4(7)8/h1-5,9,11,14,16,21H,6-8,10,12-13,26H2;1-2H,(H,5,6)(H,7,8)/t14-,16+,21+;/m0./s1. The molecule has 0 unspecified atom stereocenters. The van der Waals surface area contributed by atoms with E-state index in [9.17, 15) is 36.0 Å². The predicted molar refractivity (Wildman–Crippen MR) is 136 cm³/mol. The lowest BCUT2D eigenvalue weighted by Crippen LogP contribution is -2.43. The number of hydrogen-bond acceptors (Lipinski definition) is 6. The van der Waals surface area contributed by atoms with Crippen LogP contribution >= 0.6 is 0 Å². The highest BCUT2D eigenvalue weighted by atomic mass is 32.2. The van der Waals surface area contributed by atoms with Crippen LogP contribution in [0, 0.1) is 23.4 Å². The first-order valence-electron chi connectivity index (χ1n) is 12.2. The molecule has 10 nitrogen and oxygen atoms in total. The molecule has 0 spiro atoms. The number of fused-ring (bicyclic) bond motifs is 1. The van der Waals surface area contributed by atoms with E-state index in [1.807, 2.05) is 0 Å². The Kier molecular flexibility index (Phi) is 10.1. The fraction of sp³-hybridized carbons (Fsp3) is 0.346. The fourth-order valence-electron chi connectivity index (χ4n) is 4.73. The third-order valence-corrected chi connectivity index (χ3v) is 8.44. The van der Waals surface area contributed by atoms with Crippen molar-refractivity contribution in [2.45, 2.75) is 36.2 Å². The molecule has 2 aliphatic rings. The van der Waals surface area contributed by atoms with Gasteiger partial charge in [0.15, 0.2) is 11.6 Å². The molecule has 2 aromatic carbocycles. The van der Waals surface area contributed by atoms with E-state index in [0.29, 0.717) is 37.7 Å². The normalized spacial score (nSPS) is 19.6. The maximum Gasteiger partial charge on any atom is 0.328 e. The number of sulfonamides is 1. The quantitative estimate of drug-likeness (QED) is 0.315. The van der Waals surface area contributed by atoms with Crippen molar-refractivity contribution in [1.82, 2.24) is 9.21 Å². The number of carbonyl (C=O) groups is 3. The molecule has 4 N–H and O–H groups in total. The number of carboxylic acid groups (broad SMARTS) is 2. The highest BCUT2D eigenvalue weighted by molar-refractivity contribution is 7.89. The van der Waals surface area contributed by atoms with Gasteiger partial charge >= 0.3 is 11.9 Å². The van der Waals surface area contributed by atoms with Gasteiger partial charge in [-0.05, 0) is 42.5 Å². The van der Waals surface area contributed by atoms with Crippen molar-refractivity contribution in [2.24, 2.45) is 11.7 Å². The summed E-state index contributed by atoms with van der Waals surface area (Å²) in [6, 6.07) is 8.35. The molecule has 14 heteroatoms. The summed E-state index contributed by atoms with van der Waals surface area (Å²) in [5.74, 6) is -6.10. The first-order chi connectivity index (χ1) is 18.8. The van der Waals surface area contributed by atoms with Gasteiger partial charge in [-0.2, -0.15) is 4.31 Å². The van der Waals surface area contributed by atoms with Crippen LogP contribution in [0.1, 0.15) is 18.4 Å². The summed E-state index contributed by atoms with van der Waals surface area (Å²) in [5, 5.41) is 15.6. The lowest BCUT2D eigenvalue weighted by Gasteiger charge is -2.26. The van der Waals surface area contributed by atoms with Crippen LogP contribution in [-0.4, -0.2) is 77.4 Å². The van der Waals surface area contributed by atoms with Gasteiger partial charge in [0.05, 0.1) is 4.90 Å². The third kappa shape index (κ3) is 7.67. The number of halogens is 3. The van der Waals surface area contributed by atoms with E-state index in [2.05, 4.69) is 0 Å². The van der Waals surface area contributed by atoms with Crippen LogP contribution in [0.5, 0.6) is 0 Å². The molecule has 0 bridgehead atoms. The average Bonchev–Trinajstić information content (AvgIpc) is 3.49. The summed E-state index contributed by atoms with van der Waals surface area (Å²) < 4.78 is 67.6. The molecule has 0 saturated carbocycles. The number of benzene rings is 2. The van der Waals surface area contributed by atoms with Crippen molar-refractivity contribution in [2.75, 3.05) is 19.6 Å². The molecule has 2 heterocycles. The minimum absolute atomic E-state index is 0.0392. The first kappa shape index (κ1) is 30.8. The van der Waals surface area contributed by atoms with Gasteiger partial charge in [0.2, 0.25) is 15.9 Å². The Labute approximate surface area is 228 Å². The fourth-order valence-corrected chi connectivity index (χ4v) is 6.27. The van der Waals surface area contributed by atoms with Gasteiger partial charge in [-0.1, -0.05) is 18.2 Å². The Morgan fingerprint density at radius 3 is 2.17 bits per heavy atom. The van der Waals surface area contributed by atoms with E-state index in [1.165, 1.54) is 4.31 Å². The van der Waals surface area contributed by atoms with Crippen molar-refractivity contribution < 1.29 is 46.2 Å². The number of rotatable bonds is 8. The molecule has 0 aromatic heterocycles. The smallest absolute Gasteiger partial charge is 0.328 e. The summed E-state index contributed by atoms with van der Waals surface area (Å²) in [6.45, 7) is 1.05. The number of nitrogens with zero attached hydrogens (tertiary/aromatic N) is 2. The van der Waals surface area contributed by atoms with Gasteiger partial charge in [0.1, 0.15) is 5.82 Å². The average molecular weight is 584 g/mol. The Morgan fingerprint density at radius 2 is 1.57 bits per heavy atom. The minimum Gasteiger partial charge on any atom is -0.478 e. The van der Waals surface area contributed by atoms with Crippen LogP contribution in [0.25, 0.3) is 0 Å². The number of nitrogens with two attached hydrogens (primary N) is 1. The molecule has 2 aromatic rings. The summed E-state index contributed by atoms with van der Waals surface area (Å²) in [7, 11) is -3.64. The second-order valence-corrected chi connectivity index (χ2v) is 11.3. The Balaban J connectivity index is 0.000000482. The number of amides is 1. The van der Waals surface area contributed by atoms with Crippen molar-refractivity contribution in [3.63, 3.8) is 0 Å². The van der Waals surface area contributed by atoms with Crippen LogP contribution in [-0.2, 0) is 30.8 Å². The molecule has 40 heavy (non-hydrogen) atoms. The number of likely N-dealkylation sites (tertiary alicyclic amines) is 1. The number of carboxylic acids is 2. The molecule has 0 radical (unpaired) electrons. The molecule has 216 valence electrons. The second kappa shape index (κ2) is 13.1. The van der Waals surface area contributed by atoms with Crippen molar-refractivity contribution >= 4 is 27.9 Å². The van der Waals surface area contributed by atoms with Crippen molar-refractivity contribution in [3.05, 3.63) is 77.6 Å². The highest BCUT2D eigenvalue weighted by Crippen LogP contribution is 2.35. The molecule has 2 fully saturated rings. The Hall–Kier alpha value is -3.75. The molecule has 4 rings (SSSR count). The highest BCUT2D eigenvalue weighted by Gasteiger charge is 2.46. The Morgan fingerprint density at radius 1 is 0.975 bits per heavy atom.